The lowest BCUT2D eigenvalue weighted by atomic mass is 9.90. The standard InChI is InChI=1S/C38H35BrClN3O5S/c1-6-42(7-2)37(45)32-22(3)41-38-43(34(32)33-27-11-9-8-10-25(27)14-17-29(33)46-4)36(44)31(49-38)20-24-18-28(39)35(30(19-24)47-5)48-21-23-12-15-26(40)16-13-23/h8-20,34H,6-7,21H2,1-5H3/b31-20+/t34-/m1/s1. The molecule has 1 atom stereocenters. The fourth-order valence-electron chi connectivity index (χ4n) is 6.14. The molecule has 1 aliphatic heterocycles. The van der Waals surface area contributed by atoms with Crippen LogP contribution in [0.25, 0.3) is 16.8 Å². The Balaban J connectivity index is 1.51. The number of rotatable bonds is 10. The van der Waals surface area contributed by atoms with E-state index >= 15 is 0 Å². The quantitative estimate of drug-likeness (QED) is 0.150. The van der Waals surface area contributed by atoms with E-state index in [9.17, 15) is 9.59 Å². The maximum absolute atomic E-state index is 14.5. The number of allylic oxidation sites excluding steroid dienone is 1. The average molecular weight is 761 g/mol. The third-order valence-corrected chi connectivity index (χ3v) is 10.4. The van der Waals surface area contributed by atoms with Gasteiger partial charge in [0.05, 0.1) is 34.5 Å². The third kappa shape index (κ3) is 6.65. The number of amides is 1. The molecule has 4 aromatic carbocycles. The Kier molecular flexibility index (Phi) is 10.3. The summed E-state index contributed by atoms with van der Waals surface area (Å²) in [5.74, 6) is 1.46. The maximum atomic E-state index is 14.5. The molecule has 0 radical (unpaired) electrons. The molecule has 1 aliphatic rings. The molecule has 8 nitrogen and oxygen atoms in total. The van der Waals surface area contributed by atoms with Gasteiger partial charge in [-0.25, -0.2) is 4.99 Å². The zero-order valence-corrected chi connectivity index (χ0v) is 30.9. The van der Waals surface area contributed by atoms with Crippen molar-refractivity contribution in [1.82, 2.24) is 9.47 Å². The molecule has 1 aromatic heterocycles. The average Bonchev–Trinajstić information content (AvgIpc) is 3.41. The van der Waals surface area contributed by atoms with Gasteiger partial charge in [-0.1, -0.05) is 65.4 Å². The van der Waals surface area contributed by atoms with Gasteiger partial charge in [0, 0.05) is 23.7 Å². The van der Waals surface area contributed by atoms with Crippen LogP contribution in [0.5, 0.6) is 17.2 Å². The molecular weight excluding hydrogens is 726 g/mol. The summed E-state index contributed by atoms with van der Waals surface area (Å²) in [6.45, 7) is 7.08. The van der Waals surface area contributed by atoms with Crippen LogP contribution in [0.2, 0.25) is 5.02 Å². The van der Waals surface area contributed by atoms with Crippen LogP contribution in [0.3, 0.4) is 0 Å². The van der Waals surface area contributed by atoms with Crippen LogP contribution >= 0.6 is 38.9 Å². The van der Waals surface area contributed by atoms with E-state index < -0.39 is 6.04 Å². The highest BCUT2D eigenvalue weighted by Gasteiger charge is 2.36. The van der Waals surface area contributed by atoms with Crippen molar-refractivity contribution in [2.75, 3.05) is 27.3 Å². The Morgan fingerprint density at radius 1 is 1.02 bits per heavy atom. The summed E-state index contributed by atoms with van der Waals surface area (Å²) in [4.78, 5) is 35.9. The summed E-state index contributed by atoms with van der Waals surface area (Å²) in [6, 6.07) is 22.2. The molecule has 0 fully saturated rings. The maximum Gasteiger partial charge on any atom is 0.271 e. The van der Waals surface area contributed by atoms with Crippen molar-refractivity contribution in [2.24, 2.45) is 4.99 Å². The lowest BCUT2D eigenvalue weighted by molar-refractivity contribution is -0.127. The lowest BCUT2D eigenvalue weighted by Gasteiger charge is -2.30. The van der Waals surface area contributed by atoms with E-state index in [0.717, 1.165) is 27.5 Å². The minimum absolute atomic E-state index is 0.164. The Morgan fingerprint density at radius 2 is 1.73 bits per heavy atom. The predicted molar refractivity (Wildman–Crippen MR) is 199 cm³/mol. The Bertz CT molecular complexity index is 2280. The predicted octanol–water partition coefficient (Wildman–Crippen LogP) is 7.27. The molecule has 0 bridgehead atoms. The van der Waals surface area contributed by atoms with Crippen LogP contribution < -0.4 is 29.1 Å². The van der Waals surface area contributed by atoms with Crippen molar-refractivity contribution >= 4 is 61.6 Å². The van der Waals surface area contributed by atoms with E-state index in [4.69, 9.17) is 30.8 Å². The minimum atomic E-state index is -0.766. The molecule has 49 heavy (non-hydrogen) atoms. The molecular formula is C38H35BrClN3O5S. The first-order valence-electron chi connectivity index (χ1n) is 15.8. The number of carbonyl (C=O) groups excluding carboxylic acids is 1. The van der Waals surface area contributed by atoms with Crippen LogP contribution in [0, 0.1) is 0 Å². The molecule has 0 spiro atoms. The number of ether oxygens (including phenoxy) is 3. The first-order valence-corrected chi connectivity index (χ1v) is 17.8. The summed E-state index contributed by atoms with van der Waals surface area (Å²) in [6.07, 6.45) is 1.81. The van der Waals surface area contributed by atoms with E-state index in [2.05, 4.69) is 15.9 Å². The first-order chi connectivity index (χ1) is 23.7. The van der Waals surface area contributed by atoms with Gasteiger partial charge in [0.15, 0.2) is 16.3 Å². The highest BCUT2D eigenvalue weighted by atomic mass is 79.9. The molecule has 0 unspecified atom stereocenters. The smallest absolute Gasteiger partial charge is 0.271 e. The SMILES string of the molecule is CCN(CC)C(=O)C1=C(C)N=c2s/c(=C/c3cc(Br)c(OCc4ccc(Cl)cc4)c(OC)c3)c(=O)n2[C@H]1c1c(OC)ccc2ccccc12. The second kappa shape index (κ2) is 14.6. The molecule has 6 rings (SSSR count). The molecule has 0 aliphatic carbocycles. The largest absolute Gasteiger partial charge is 0.496 e. The first kappa shape index (κ1) is 34.5. The van der Waals surface area contributed by atoms with E-state index in [1.54, 1.807) is 23.7 Å². The highest BCUT2D eigenvalue weighted by Crippen LogP contribution is 2.41. The van der Waals surface area contributed by atoms with Crippen LogP contribution in [0.4, 0.5) is 0 Å². The number of carbonyl (C=O) groups is 1. The minimum Gasteiger partial charge on any atom is -0.496 e. The number of halogens is 2. The normalized spacial score (nSPS) is 14.4. The summed E-state index contributed by atoms with van der Waals surface area (Å²) >= 11 is 11.0. The van der Waals surface area contributed by atoms with Crippen molar-refractivity contribution in [1.29, 1.82) is 0 Å². The summed E-state index contributed by atoms with van der Waals surface area (Å²) in [5.41, 5.74) is 3.17. The number of hydrogen-bond acceptors (Lipinski definition) is 7. The molecule has 252 valence electrons. The number of aromatic nitrogens is 1. The van der Waals surface area contributed by atoms with Gasteiger partial charge >= 0.3 is 0 Å². The number of thiazole rings is 1. The Hall–Kier alpha value is -4.38. The Labute approximate surface area is 301 Å². The number of hydrogen-bond donors (Lipinski definition) is 0. The van der Waals surface area contributed by atoms with Crippen molar-refractivity contribution in [3.05, 3.63) is 130 Å². The van der Waals surface area contributed by atoms with Crippen LogP contribution in [0.15, 0.2) is 98.3 Å². The number of likely N-dealkylation sites (N-methyl/N-ethyl adjacent to an activating group) is 1. The molecule has 11 heteroatoms. The lowest BCUT2D eigenvalue weighted by Crippen LogP contribution is -2.43. The molecule has 1 amide bonds. The number of nitrogens with zero attached hydrogens (tertiary/aromatic N) is 3. The topological polar surface area (TPSA) is 82.4 Å². The fraction of sp³-hybridized carbons (Fsp3) is 0.237. The second-order valence-corrected chi connectivity index (χ2v) is 13.7. The van der Waals surface area contributed by atoms with Crippen molar-refractivity contribution < 1.29 is 19.0 Å². The van der Waals surface area contributed by atoms with Gasteiger partial charge in [-0.15, -0.1) is 0 Å². The molecule has 2 heterocycles. The van der Waals surface area contributed by atoms with E-state index in [0.29, 0.717) is 67.0 Å². The Morgan fingerprint density at radius 3 is 2.43 bits per heavy atom. The third-order valence-electron chi connectivity index (χ3n) is 8.57. The van der Waals surface area contributed by atoms with Crippen molar-refractivity contribution in [3.8, 4) is 17.2 Å². The molecule has 0 saturated heterocycles. The van der Waals surface area contributed by atoms with Gasteiger partial charge in [0.2, 0.25) is 0 Å². The van der Waals surface area contributed by atoms with Gasteiger partial charge in [-0.05, 0) is 95.0 Å². The zero-order valence-electron chi connectivity index (χ0n) is 27.8. The van der Waals surface area contributed by atoms with E-state index in [-0.39, 0.29) is 11.5 Å². The molecule has 0 saturated carbocycles. The van der Waals surface area contributed by atoms with E-state index in [1.165, 1.54) is 11.3 Å². The van der Waals surface area contributed by atoms with Gasteiger partial charge in [0.25, 0.3) is 11.5 Å². The summed E-state index contributed by atoms with van der Waals surface area (Å²) in [5, 5.41) is 2.52. The van der Waals surface area contributed by atoms with E-state index in [1.807, 2.05) is 99.6 Å². The number of methoxy groups -OCH3 is 2. The molecule has 5 aromatic rings. The van der Waals surface area contributed by atoms with Gasteiger partial charge in [-0.2, -0.15) is 0 Å². The van der Waals surface area contributed by atoms with Crippen molar-refractivity contribution in [2.45, 2.75) is 33.4 Å². The van der Waals surface area contributed by atoms with Crippen LogP contribution in [-0.4, -0.2) is 42.7 Å². The number of fused-ring (bicyclic) bond motifs is 2. The summed E-state index contributed by atoms with van der Waals surface area (Å²) < 4.78 is 20.5. The van der Waals surface area contributed by atoms with Crippen LogP contribution in [0.1, 0.15) is 43.5 Å². The van der Waals surface area contributed by atoms with Gasteiger partial charge in [0.1, 0.15) is 18.4 Å². The molecule has 0 N–H and O–H groups in total. The van der Waals surface area contributed by atoms with Crippen molar-refractivity contribution in [3.63, 3.8) is 0 Å². The highest BCUT2D eigenvalue weighted by molar-refractivity contribution is 9.10. The monoisotopic (exact) mass is 759 g/mol. The zero-order chi connectivity index (χ0) is 34.8. The van der Waals surface area contributed by atoms with Gasteiger partial charge in [-0.3, -0.25) is 14.2 Å². The van der Waals surface area contributed by atoms with Crippen LogP contribution in [-0.2, 0) is 11.4 Å². The fourth-order valence-corrected chi connectivity index (χ4v) is 7.88. The van der Waals surface area contributed by atoms with Gasteiger partial charge < -0.3 is 19.1 Å². The number of benzene rings is 4. The summed E-state index contributed by atoms with van der Waals surface area (Å²) in [7, 11) is 3.18. The second-order valence-electron chi connectivity index (χ2n) is 11.4.